The average molecular weight is 271 g/mol. The maximum absolute atomic E-state index is 12.3. The van der Waals surface area contributed by atoms with Crippen molar-refractivity contribution < 1.29 is 17.9 Å². The molecule has 1 aliphatic heterocycles. The van der Waals surface area contributed by atoms with Crippen molar-refractivity contribution in [1.29, 1.82) is 0 Å². The highest BCUT2D eigenvalue weighted by atomic mass is 19.4. The van der Waals surface area contributed by atoms with Gasteiger partial charge in [-0.05, 0) is 36.6 Å². The molecule has 0 aromatic heterocycles. The monoisotopic (exact) mass is 271 g/mol. The molecule has 0 amide bonds. The molecule has 0 unspecified atom stereocenters. The van der Waals surface area contributed by atoms with E-state index < -0.39 is 6.36 Å². The Labute approximate surface area is 109 Å². The van der Waals surface area contributed by atoms with Crippen LogP contribution >= 0.6 is 0 Å². The van der Waals surface area contributed by atoms with Crippen molar-refractivity contribution in [3.63, 3.8) is 0 Å². The Morgan fingerprint density at radius 1 is 1.11 bits per heavy atom. The number of benzene rings is 1. The molecule has 2 nitrogen and oxygen atoms in total. The second-order valence-corrected chi connectivity index (χ2v) is 5.45. The number of rotatable bonds is 1. The van der Waals surface area contributed by atoms with Crippen molar-refractivity contribution in [3.8, 4) is 5.75 Å². The average Bonchev–Trinajstić information content (AvgIpc) is 2.67. The molecular formula is C14H16F3NO. The lowest BCUT2D eigenvalue weighted by Gasteiger charge is -2.33. The number of hydrogen-bond donors (Lipinski definition) is 1. The predicted octanol–water partition coefficient (Wildman–Crippen LogP) is 4.21. The molecule has 0 atom stereocenters. The molecule has 0 bridgehead atoms. The van der Waals surface area contributed by atoms with Crippen LogP contribution in [0.1, 0.15) is 37.7 Å². The summed E-state index contributed by atoms with van der Waals surface area (Å²) in [5.41, 5.74) is 1.96. The van der Waals surface area contributed by atoms with Crippen LogP contribution in [0.5, 0.6) is 5.75 Å². The molecule has 1 N–H and O–H groups in total. The van der Waals surface area contributed by atoms with Crippen molar-refractivity contribution in [2.75, 3.05) is 11.9 Å². The molecule has 1 aromatic rings. The number of nitrogens with one attached hydrogen (secondary N) is 1. The van der Waals surface area contributed by atoms with Gasteiger partial charge in [-0.3, -0.25) is 0 Å². The Balaban J connectivity index is 1.92. The molecule has 0 saturated heterocycles. The minimum atomic E-state index is -4.63. The molecule has 19 heavy (non-hydrogen) atoms. The smallest absolute Gasteiger partial charge is 0.406 e. The number of fused-ring (bicyclic) bond motifs is 2. The van der Waals surface area contributed by atoms with E-state index in [4.69, 9.17) is 0 Å². The van der Waals surface area contributed by atoms with E-state index in [2.05, 4.69) is 10.1 Å². The van der Waals surface area contributed by atoms with E-state index >= 15 is 0 Å². The highest BCUT2D eigenvalue weighted by Crippen LogP contribution is 2.47. The largest absolute Gasteiger partial charge is 0.573 e. The molecule has 1 heterocycles. The van der Waals surface area contributed by atoms with Gasteiger partial charge < -0.3 is 10.1 Å². The Hall–Kier alpha value is -1.39. The van der Waals surface area contributed by atoms with Gasteiger partial charge in [-0.15, -0.1) is 13.2 Å². The Kier molecular flexibility index (Phi) is 2.87. The molecule has 1 fully saturated rings. The molecule has 0 radical (unpaired) electrons. The van der Waals surface area contributed by atoms with Crippen LogP contribution in [-0.2, 0) is 5.41 Å². The molecule has 2 aliphatic rings. The van der Waals surface area contributed by atoms with Crippen LogP contribution in [0.3, 0.4) is 0 Å². The summed E-state index contributed by atoms with van der Waals surface area (Å²) in [5.74, 6) is -0.111. The quantitative estimate of drug-likeness (QED) is 0.826. The van der Waals surface area contributed by atoms with E-state index in [1.54, 1.807) is 12.1 Å². The minimum Gasteiger partial charge on any atom is -0.406 e. The first-order chi connectivity index (χ1) is 8.99. The first-order valence-corrected chi connectivity index (χ1v) is 6.63. The third-order valence-corrected chi connectivity index (χ3v) is 4.22. The van der Waals surface area contributed by atoms with Crippen molar-refractivity contribution in [2.45, 2.75) is 43.9 Å². The van der Waals surface area contributed by atoms with Crippen LogP contribution in [-0.4, -0.2) is 12.9 Å². The van der Waals surface area contributed by atoms with E-state index in [-0.39, 0.29) is 11.2 Å². The zero-order valence-electron chi connectivity index (χ0n) is 10.5. The van der Waals surface area contributed by atoms with E-state index in [0.717, 1.165) is 43.5 Å². The van der Waals surface area contributed by atoms with Gasteiger partial charge in [0.05, 0.1) is 0 Å². The SMILES string of the molecule is FC(F)(F)Oc1ccc2c(c1)C1(CCCCC1)CN2. The second kappa shape index (κ2) is 4.32. The molecule has 1 spiro atoms. The van der Waals surface area contributed by atoms with Crippen LogP contribution in [0, 0.1) is 0 Å². The van der Waals surface area contributed by atoms with E-state index in [1.807, 2.05) is 0 Å². The van der Waals surface area contributed by atoms with Gasteiger partial charge in [-0.2, -0.15) is 0 Å². The van der Waals surface area contributed by atoms with Crippen LogP contribution in [0.25, 0.3) is 0 Å². The maximum atomic E-state index is 12.3. The predicted molar refractivity (Wildman–Crippen MR) is 66.4 cm³/mol. The van der Waals surface area contributed by atoms with Crippen molar-refractivity contribution in [3.05, 3.63) is 23.8 Å². The fraction of sp³-hybridized carbons (Fsp3) is 0.571. The highest BCUT2D eigenvalue weighted by molar-refractivity contribution is 5.62. The molecule has 3 rings (SSSR count). The van der Waals surface area contributed by atoms with Gasteiger partial charge in [0.25, 0.3) is 0 Å². The van der Waals surface area contributed by atoms with E-state index in [9.17, 15) is 13.2 Å². The standard InChI is InChI=1S/C14H16F3NO/c15-14(16,17)19-10-4-5-12-11(8-10)13(9-18-12)6-2-1-3-7-13/h4-5,8,18H,1-3,6-7,9H2. The van der Waals surface area contributed by atoms with E-state index in [0.29, 0.717) is 0 Å². The van der Waals surface area contributed by atoms with Gasteiger partial charge >= 0.3 is 6.36 Å². The summed E-state index contributed by atoms with van der Waals surface area (Å²) in [4.78, 5) is 0. The van der Waals surface area contributed by atoms with Crippen LogP contribution < -0.4 is 10.1 Å². The third-order valence-electron chi connectivity index (χ3n) is 4.22. The van der Waals surface area contributed by atoms with Gasteiger partial charge in [0.1, 0.15) is 5.75 Å². The van der Waals surface area contributed by atoms with Gasteiger partial charge in [-0.25, -0.2) is 0 Å². The lowest BCUT2D eigenvalue weighted by atomic mass is 9.71. The second-order valence-electron chi connectivity index (χ2n) is 5.45. The Bertz CT molecular complexity index is 473. The fourth-order valence-electron chi connectivity index (χ4n) is 3.35. The molecule has 1 aliphatic carbocycles. The summed E-state index contributed by atoms with van der Waals surface area (Å²) in [5, 5.41) is 3.31. The number of ether oxygens (including phenoxy) is 1. The van der Waals surface area contributed by atoms with Crippen molar-refractivity contribution in [1.82, 2.24) is 0 Å². The summed E-state index contributed by atoms with van der Waals surface area (Å²) < 4.78 is 40.9. The molecular weight excluding hydrogens is 255 g/mol. The molecule has 1 saturated carbocycles. The highest BCUT2D eigenvalue weighted by Gasteiger charge is 2.40. The van der Waals surface area contributed by atoms with Crippen LogP contribution in [0.15, 0.2) is 18.2 Å². The van der Waals surface area contributed by atoms with Gasteiger partial charge in [-0.1, -0.05) is 19.3 Å². The Morgan fingerprint density at radius 3 is 2.53 bits per heavy atom. The summed E-state index contributed by atoms with van der Waals surface area (Å²) in [6.45, 7) is 0.831. The van der Waals surface area contributed by atoms with Gasteiger partial charge in [0.2, 0.25) is 0 Å². The molecule has 5 heteroatoms. The van der Waals surface area contributed by atoms with Crippen molar-refractivity contribution in [2.24, 2.45) is 0 Å². The minimum absolute atomic E-state index is 0.0125. The summed E-state index contributed by atoms with van der Waals surface area (Å²) in [6, 6.07) is 4.63. The van der Waals surface area contributed by atoms with Crippen molar-refractivity contribution >= 4 is 5.69 Å². The number of alkyl halides is 3. The van der Waals surface area contributed by atoms with Gasteiger partial charge in [0.15, 0.2) is 0 Å². The molecule has 1 aromatic carbocycles. The third kappa shape index (κ3) is 2.38. The summed E-state index contributed by atoms with van der Waals surface area (Å²) in [7, 11) is 0. The lowest BCUT2D eigenvalue weighted by Crippen LogP contribution is -2.31. The number of halogens is 3. The van der Waals surface area contributed by atoms with Crippen LogP contribution in [0.4, 0.5) is 18.9 Å². The number of hydrogen-bond acceptors (Lipinski definition) is 2. The fourth-order valence-corrected chi connectivity index (χ4v) is 3.35. The number of anilines is 1. The first-order valence-electron chi connectivity index (χ1n) is 6.63. The van der Waals surface area contributed by atoms with Crippen LogP contribution in [0.2, 0.25) is 0 Å². The Morgan fingerprint density at radius 2 is 1.84 bits per heavy atom. The zero-order valence-corrected chi connectivity index (χ0v) is 10.5. The topological polar surface area (TPSA) is 21.3 Å². The maximum Gasteiger partial charge on any atom is 0.573 e. The summed E-state index contributed by atoms with van der Waals surface area (Å²) in [6.07, 6.45) is 0.970. The first kappa shape index (κ1) is 12.6. The zero-order chi connectivity index (χ0) is 13.5. The van der Waals surface area contributed by atoms with E-state index in [1.165, 1.54) is 12.5 Å². The molecule has 104 valence electrons. The summed E-state index contributed by atoms with van der Waals surface area (Å²) >= 11 is 0. The van der Waals surface area contributed by atoms with Gasteiger partial charge in [0, 0.05) is 17.6 Å². The lowest BCUT2D eigenvalue weighted by molar-refractivity contribution is -0.274. The normalized spacial score (nSPS) is 21.0.